The van der Waals surface area contributed by atoms with Crippen molar-refractivity contribution in [2.24, 2.45) is 0 Å². The molecule has 3 amide bonds. The van der Waals surface area contributed by atoms with E-state index < -0.39 is 59.9 Å². The zero-order chi connectivity index (χ0) is 56.8. The number of amides is 3. The molecule has 22 heteroatoms. The molecule has 2 unspecified atom stereocenters. The fourth-order valence-corrected chi connectivity index (χ4v) is 14.2. The van der Waals surface area contributed by atoms with Crippen LogP contribution in [0.3, 0.4) is 0 Å². The Kier molecular flexibility index (Phi) is 15.7. The number of carbonyl (C=O) groups excluding carboxylic acids is 6. The first-order chi connectivity index (χ1) is 39.8. The highest BCUT2D eigenvalue weighted by molar-refractivity contribution is 6.03. The lowest BCUT2D eigenvalue weighted by molar-refractivity contribution is -0.239. The van der Waals surface area contributed by atoms with Crippen LogP contribution in [0.2, 0.25) is 0 Å². The summed E-state index contributed by atoms with van der Waals surface area (Å²) in [5.74, 6) is -0.637. The van der Waals surface area contributed by atoms with E-state index in [4.69, 9.17) is 33.2 Å². The third-order valence-corrected chi connectivity index (χ3v) is 17.4. The first-order valence-electron chi connectivity index (χ1n) is 29.2. The molecule has 9 heterocycles. The Labute approximate surface area is 476 Å². The maximum atomic E-state index is 15.1. The SMILES string of the molecule is CC(=O)NC1[C@H](OC(C)=O)[C@@H](OC(C)=O)C(COC(C)=O)O[C@@H]1n1cc(CN2CCN(C(=O)CCOCCOCCN3C(=O)c4ccccc4C34c3cc5c6c(c3Oc3c4cc4c7c3CCCN7CCC4)CCCN6CCC5)CC2)nn1. The van der Waals surface area contributed by atoms with Crippen molar-refractivity contribution in [3.63, 3.8) is 0 Å². The molecule has 2 fully saturated rings. The molecule has 3 aromatic carbocycles. The van der Waals surface area contributed by atoms with Gasteiger partial charge in [-0.25, -0.2) is 4.68 Å². The van der Waals surface area contributed by atoms with Gasteiger partial charge in [-0.3, -0.25) is 33.7 Å². The lowest BCUT2D eigenvalue weighted by Crippen LogP contribution is -2.64. The number of ether oxygens (including phenoxy) is 7. The summed E-state index contributed by atoms with van der Waals surface area (Å²) in [6.07, 6.45) is 5.36. The molecule has 1 aromatic heterocycles. The molecule has 22 nitrogen and oxygen atoms in total. The topological polar surface area (TPSA) is 226 Å². The van der Waals surface area contributed by atoms with Gasteiger partial charge >= 0.3 is 17.9 Å². The van der Waals surface area contributed by atoms with E-state index >= 15 is 4.79 Å². The molecule has 0 aliphatic carbocycles. The van der Waals surface area contributed by atoms with Gasteiger partial charge in [0.15, 0.2) is 18.4 Å². The van der Waals surface area contributed by atoms with E-state index in [1.165, 1.54) is 66.0 Å². The molecule has 1 N–H and O–H groups in total. The molecule has 1 spiro atoms. The van der Waals surface area contributed by atoms with Crippen LogP contribution in [0.5, 0.6) is 11.5 Å². The van der Waals surface area contributed by atoms with Crippen LogP contribution >= 0.6 is 0 Å². The van der Waals surface area contributed by atoms with Gasteiger partial charge in [-0.15, -0.1) is 5.10 Å². The molecule has 0 saturated carbocycles. The molecule has 4 aromatic rings. The Hall–Kier alpha value is -7.14. The molecule has 5 atom stereocenters. The molecule has 12 rings (SSSR count). The summed E-state index contributed by atoms with van der Waals surface area (Å²) in [7, 11) is 0. The third-order valence-electron chi connectivity index (χ3n) is 17.4. The Morgan fingerprint density at radius 2 is 1.32 bits per heavy atom. The van der Waals surface area contributed by atoms with Crippen LogP contribution < -0.4 is 19.9 Å². The molecular weight excluding hydrogens is 1050 g/mol. The number of aryl methyl sites for hydroxylation is 2. The zero-order valence-electron chi connectivity index (χ0n) is 47.3. The molecule has 2 saturated heterocycles. The number of aromatic nitrogens is 3. The predicted molar refractivity (Wildman–Crippen MR) is 295 cm³/mol. The van der Waals surface area contributed by atoms with Crippen molar-refractivity contribution < 1.29 is 61.9 Å². The summed E-state index contributed by atoms with van der Waals surface area (Å²) >= 11 is 0. The van der Waals surface area contributed by atoms with Crippen LogP contribution in [-0.4, -0.2) is 182 Å². The highest BCUT2D eigenvalue weighted by Gasteiger charge is 2.58. The Balaban J connectivity index is 0.665. The quantitative estimate of drug-likeness (QED) is 0.0891. The van der Waals surface area contributed by atoms with Gasteiger partial charge in [-0.05, 0) is 86.3 Å². The molecule has 0 bridgehead atoms. The Bertz CT molecular complexity index is 3070. The first-order valence-corrected chi connectivity index (χ1v) is 29.2. The van der Waals surface area contributed by atoms with Gasteiger partial charge < -0.3 is 58.1 Å². The Morgan fingerprint density at radius 1 is 0.707 bits per heavy atom. The minimum absolute atomic E-state index is 0.00652. The minimum Gasteiger partial charge on any atom is -0.463 e. The van der Waals surface area contributed by atoms with Gasteiger partial charge in [-0.1, -0.05) is 23.4 Å². The lowest BCUT2D eigenvalue weighted by Gasteiger charge is -2.49. The smallest absolute Gasteiger partial charge is 0.303 e. The van der Waals surface area contributed by atoms with Gasteiger partial charge in [-0.2, -0.15) is 0 Å². The fourth-order valence-electron chi connectivity index (χ4n) is 14.2. The van der Waals surface area contributed by atoms with Gasteiger partial charge in [0.2, 0.25) is 11.8 Å². The first kappa shape index (κ1) is 55.4. The summed E-state index contributed by atoms with van der Waals surface area (Å²) in [4.78, 5) is 88.5. The van der Waals surface area contributed by atoms with Crippen molar-refractivity contribution >= 4 is 47.0 Å². The van der Waals surface area contributed by atoms with Crippen molar-refractivity contribution in [3.8, 4) is 11.5 Å². The third kappa shape index (κ3) is 10.3. The van der Waals surface area contributed by atoms with E-state index in [2.05, 4.69) is 59.5 Å². The van der Waals surface area contributed by atoms with Crippen LogP contribution in [-0.2, 0) is 90.2 Å². The largest absolute Gasteiger partial charge is 0.463 e. The number of rotatable bonds is 17. The average molecular weight is 1130 g/mol. The van der Waals surface area contributed by atoms with Crippen molar-refractivity contribution in [1.82, 2.24) is 35.0 Å². The number of benzene rings is 3. The van der Waals surface area contributed by atoms with E-state index in [9.17, 15) is 24.0 Å². The summed E-state index contributed by atoms with van der Waals surface area (Å²) in [6, 6.07) is 11.9. The summed E-state index contributed by atoms with van der Waals surface area (Å²) in [5.41, 5.74) is 11.5. The van der Waals surface area contributed by atoms with Crippen molar-refractivity contribution in [2.45, 2.75) is 128 Å². The van der Waals surface area contributed by atoms with Crippen LogP contribution in [0, 0.1) is 0 Å². The molecule has 8 aliphatic heterocycles. The summed E-state index contributed by atoms with van der Waals surface area (Å²) in [6.45, 7) is 12.7. The molecular formula is C60H73N9O13. The monoisotopic (exact) mass is 1130 g/mol. The number of piperazine rings is 1. The number of carbonyl (C=O) groups is 6. The summed E-state index contributed by atoms with van der Waals surface area (Å²) in [5, 5.41) is 11.4. The molecule has 436 valence electrons. The van der Waals surface area contributed by atoms with Gasteiger partial charge in [0.05, 0.1) is 44.7 Å². The summed E-state index contributed by atoms with van der Waals surface area (Å²) < 4.78 is 43.8. The second-order valence-corrected chi connectivity index (χ2v) is 22.7. The number of nitrogens with one attached hydrogen (secondary N) is 1. The lowest BCUT2D eigenvalue weighted by atomic mass is 9.70. The number of anilines is 2. The highest BCUT2D eigenvalue weighted by atomic mass is 16.6. The highest BCUT2D eigenvalue weighted by Crippen LogP contribution is 2.62. The van der Waals surface area contributed by atoms with E-state index in [-0.39, 0.29) is 31.4 Å². The maximum absolute atomic E-state index is 15.1. The number of fused-ring (bicyclic) bond motifs is 8. The van der Waals surface area contributed by atoms with Crippen LogP contribution in [0.25, 0.3) is 0 Å². The predicted octanol–water partition coefficient (Wildman–Crippen LogP) is 4.13. The fraction of sp³-hybridized carbons (Fsp3) is 0.567. The van der Waals surface area contributed by atoms with Crippen molar-refractivity contribution in [1.29, 1.82) is 0 Å². The van der Waals surface area contributed by atoms with E-state index in [0.29, 0.717) is 64.8 Å². The van der Waals surface area contributed by atoms with Crippen molar-refractivity contribution in [2.75, 3.05) is 102 Å². The minimum atomic E-state index is -1.24. The van der Waals surface area contributed by atoms with Crippen molar-refractivity contribution in [3.05, 3.63) is 92.8 Å². The van der Waals surface area contributed by atoms with Crippen LogP contribution in [0.1, 0.15) is 121 Å². The zero-order valence-corrected chi connectivity index (χ0v) is 47.3. The average Bonchev–Trinajstić information content (AvgIpc) is 1.70. The second kappa shape index (κ2) is 23.3. The van der Waals surface area contributed by atoms with E-state index in [1.54, 1.807) is 6.20 Å². The molecule has 8 aliphatic rings. The molecule has 0 radical (unpaired) electrons. The van der Waals surface area contributed by atoms with Crippen LogP contribution in [0.15, 0.2) is 42.6 Å². The molecule has 82 heavy (non-hydrogen) atoms. The van der Waals surface area contributed by atoms with Gasteiger partial charge in [0.25, 0.3) is 5.91 Å². The van der Waals surface area contributed by atoms with E-state index in [1.807, 2.05) is 17.0 Å². The number of esters is 3. The maximum Gasteiger partial charge on any atom is 0.303 e. The number of nitrogens with zero attached hydrogens (tertiary/aromatic N) is 8. The van der Waals surface area contributed by atoms with Gasteiger partial charge in [0.1, 0.15) is 35.8 Å². The number of hydrogen-bond acceptors (Lipinski definition) is 18. The Morgan fingerprint density at radius 3 is 1.94 bits per heavy atom. The standard InChI is InChI=1S/C60H73N9O13/c1-36(70)61-51-57(80-39(4)73)56(79-38(3)72)49(35-78-37(2)71)81-59(51)69-34-42(62-63-69)33-64-22-24-65(25-23-64)50(74)17-27-76-29-30-77-28-26-68-58(75)43-13-5-6-16-46(43)60(68)47-31-40-11-7-18-66-20-9-14-44(52(40)66)54(47)82-55-45-15-10-21-67-19-8-12-41(53(45)67)32-48(55)60/h5-6,13,16,31-32,34,49,51,56-57,59H,7-12,14-15,17-30,33,35H2,1-4H3,(H,61,70)/t49?,51?,56-,57-,59-/m0/s1. The normalized spacial score (nSPS) is 23.0. The van der Waals surface area contributed by atoms with Crippen LogP contribution in [0.4, 0.5) is 11.4 Å². The second-order valence-electron chi connectivity index (χ2n) is 22.7. The van der Waals surface area contributed by atoms with E-state index in [0.717, 1.165) is 111 Å². The number of hydrogen-bond donors (Lipinski definition) is 1. The van der Waals surface area contributed by atoms with Gasteiger partial charge in [0, 0.05) is 132 Å².